The van der Waals surface area contributed by atoms with E-state index in [9.17, 15) is 10.1 Å². The van der Waals surface area contributed by atoms with Crippen molar-refractivity contribution < 1.29 is 9.53 Å². The first-order chi connectivity index (χ1) is 13.7. The molecule has 2 aliphatic rings. The van der Waals surface area contributed by atoms with Crippen LogP contribution in [0, 0.1) is 17.2 Å². The Hall–Kier alpha value is -2.64. The van der Waals surface area contributed by atoms with Gasteiger partial charge in [0.15, 0.2) is 5.78 Å². The highest BCUT2D eigenvalue weighted by molar-refractivity contribution is 6.00. The zero-order valence-corrected chi connectivity index (χ0v) is 16.3. The fraction of sp³-hybridized carbons (Fsp3) is 0.417. The van der Waals surface area contributed by atoms with Gasteiger partial charge in [0.2, 0.25) is 0 Å². The SMILES string of the molecule is COc1cccc(C(=O)C2CC3CCCC(C2)N3Cc2ccccc2)c1C#N. The standard InChI is InChI=1S/C24H26N2O2/c1-28-23-12-6-11-21(22(23)15-25)24(27)18-13-19-9-5-10-20(14-18)26(19)16-17-7-3-2-4-8-17/h2-4,6-8,11-12,18-20H,5,9-10,13-14,16H2,1H3. The van der Waals surface area contributed by atoms with Crippen molar-refractivity contribution in [1.82, 2.24) is 4.90 Å². The van der Waals surface area contributed by atoms with Gasteiger partial charge in [0.05, 0.1) is 7.11 Å². The predicted molar refractivity (Wildman–Crippen MR) is 108 cm³/mol. The number of methoxy groups -OCH3 is 1. The van der Waals surface area contributed by atoms with Crippen molar-refractivity contribution in [2.45, 2.75) is 50.7 Å². The number of nitriles is 1. The summed E-state index contributed by atoms with van der Waals surface area (Å²) in [4.78, 5) is 15.9. The van der Waals surface area contributed by atoms with E-state index in [1.165, 1.54) is 19.1 Å². The lowest BCUT2D eigenvalue weighted by Crippen LogP contribution is -2.52. The highest BCUT2D eigenvalue weighted by atomic mass is 16.5. The molecule has 0 N–H and O–H groups in total. The van der Waals surface area contributed by atoms with Gasteiger partial charge in [-0.3, -0.25) is 9.69 Å². The van der Waals surface area contributed by atoms with E-state index < -0.39 is 0 Å². The number of carbonyl (C=O) groups excluding carboxylic acids is 1. The molecule has 4 rings (SSSR count). The topological polar surface area (TPSA) is 53.3 Å². The van der Waals surface area contributed by atoms with E-state index in [0.717, 1.165) is 32.2 Å². The molecule has 0 radical (unpaired) electrons. The molecule has 0 aromatic heterocycles. The number of ether oxygens (including phenoxy) is 1. The molecule has 2 aromatic carbocycles. The van der Waals surface area contributed by atoms with E-state index in [2.05, 4.69) is 41.3 Å². The van der Waals surface area contributed by atoms with Gasteiger partial charge in [-0.25, -0.2) is 0 Å². The second-order valence-corrected chi connectivity index (χ2v) is 7.92. The lowest BCUT2D eigenvalue weighted by Gasteiger charge is -2.48. The summed E-state index contributed by atoms with van der Waals surface area (Å²) in [5.74, 6) is 0.572. The second-order valence-electron chi connectivity index (χ2n) is 7.92. The highest BCUT2D eigenvalue weighted by Crippen LogP contribution is 2.39. The van der Waals surface area contributed by atoms with Crippen molar-refractivity contribution in [1.29, 1.82) is 5.26 Å². The van der Waals surface area contributed by atoms with E-state index in [0.29, 0.717) is 29.0 Å². The van der Waals surface area contributed by atoms with Crippen LogP contribution in [0.1, 0.15) is 53.6 Å². The lowest BCUT2D eigenvalue weighted by atomic mass is 9.75. The van der Waals surface area contributed by atoms with Crippen LogP contribution in [0.2, 0.25) is 0 Å². The number of hydrogen-bond donors (Lipinski definition) is 0. The number of Topliss-reactive ketones (excluding diaryl/α,β-unsaturated/α-hetero) is 1. The minimum absolute atomic E-state index is 0.0125. The summed E-state index contributed by atoms with van der Waals surface area (Å²) in [5, 5.41) is 9.55. The van der Waals surface area contributed by atoms with Gasteiger partial charge in [-0.2, -0.15) is 5.26 Å². The molecule has 2 unspecified atom stereocenters. The highest BCUT2D eigenvalue weighted by Gasteiger charge is 2.41. The van der Waals surface area contributed by atoms with Crippen LogP contribution in [0.4, 0.5) is 0 Å². The summed E-state index contributed by atoms with van der Waals surface area (Å²) in [6, 6.07) is 19.0. The van der Waals surface area contributed by atoms with Crippen molar-refractivity contribution in [3.05, 3.63) is 65.2 Å². The Bertz CT molecular complexity index is 873. The maximum absolute atomic E-state index is 13.3. The second kappa shape index (κ2) is 8.16. The van der Waals surface area contributed by atoms with Crippen LogP contribution in [0.15, 0.2) is 48.5 Å². The third kappa shape index (κ3) is 3.55. The average molecular weight is 374 g/mol. The van der Waals surface area contributed by atoms with Crippen molar-refractivity contribution in [3.63, 3.8) is 0 Å². The van der Waals surface area contributed by atoms with Crippen molar-refractivity contribution in [3.8, 4) is 11.8 Å². The summed E-state index contributed by atoms with van der Waals surface area (Å²) in [7, 11) is 1.54. The van der Waals surface area contributed by atoms with E-state index in [-0.39, 0.29) is 11.7 Å². The maximum atomic E-state index is 13.3. The number of fused-ring (bicyclic) bond motifs is 2. The molecule has 144 valence electrons. The summed E-state index contributed by atoms with van der Waals surface area (Å²) in [6.45, 7) is 0.958. The molecule has 2 fully saturated rings. The molecular formula is C24H26N2O2. The minimum atomic E-state index is -0.0125. The number of piperidine rings is 2. The van der Waals surface area contributed by atoms with Gasteiger partial charge in [0.1, 0.15) is 17.4 Å². The first kappa shape index (κ1) is 18.7. The van der Waals surface area contributed by atoms with Gasteiger partial charge in [0, 0.05) is 30.1 Å². The Kier molecular flexibility index (Phi) is 5.45. The number of benzene rings is 2. The number of rotatable bonds is 5. The molecule has 0 saturated carbocycles. The van der Waals surface area contributed by atoms with Crippen LogP contribution in [0.3, 0.4) is 0 Å². The Morgan fingerprint density at radius 1 is 1.11 bits per heavy atom. The van der Waals surface area contributed by atoms with Gasteiger partial charge >= 0.3 is 0 Å². The first-order valence-electron chi connectivity index (χ1n) is 10.1. The van der Waals surface area contributed by atoms with Crippen LogP contribution in [0.5, 0.6) is 5.75 Å². The third-order valence-electron chi connectivity index (χ3n) is 6.33. The lowest BCUT2D eigenvalue weighted by molar-refractivity contribution is 0.00905. The fourth-order valence-electron chi connectivity index (χ4n) is 4.99. The number of nitrogens with zero attached hydrogens (tertiary/aromatic N) is 2. The van der Waals surface area contributed by atoms with Crippen molar-refractivity contribution in [2.75, 3.05) is 7.11 Å². The minimum Gasteiger partial charge on any atom is -0.495 e. The summed E-state index contributed by atoms with van der Waals surface area (Å²) in [5.41, 5.74) is 2.22. The van der Waals surface area contributed by atoms with Gasteiger partial charge in [-0.15, -0.1) is 0 Å². The molecule has 2 saturated heterocycles. The molecule has 4 heteroatoms. The molecule has 2 aromatic rings. The van der Waals surface area contributed by atoms with E-state index in [1.807, 2.05) is 0 Å². The monoisotopic (exact) mass is 374 g/mol. The zero-order chi connectivity index (χ0) is 19.5. The maximum Gasteiger partial charge on any atom is 0.167 e. The van der Waals surface area contributed by atoms with Crippen molar-refractivity contribution in [2.24, 2.45) is 5.92 Å². The van der Waals surface area contributed by atoms with Crippen LogP contribution in [-0.4, -0.2) is 29.9 Å². The zero-order valence-electron chi connectivity index (χ0n) is 16.3. The molecule has 0 aliphatic carbocycles. The Balaban J connectivity index is 1.55. The molecule has 0 amide bonds. The largest absolute Gasteiger partial charge is 0.495 e. The molecule has 2 heterocycles. The Morgan fingerprint density at radius 2 is 1.82 bits per heavy atom. The van der Waals surface area contributed by atoms with Gasteiger partial charge in [0.25, 0.3) is 0 Å². The summed E-state index contributed by atoms with van der Waals surface area (Å²) < 4.78 is 5.29. The Morgan fingerprint density at radius 3 is 2.46 bits per heavy atom. The van der Waals surface area contributed by atoms with Crippen LogP contribution >= 0.6 is 0 Å². The summed E-state index contributed by atoms with van der Waals surface area (Å²) in [6.07, 6.45) is 5.30. The van der Waals surface area contributed by atoms with E-state index in [4.69, 9.17) is 4.74 Å². The van der Waals surface area contributed by atoms with Crippen molar-refractivity contribution >= 4 is 5.78 Å². The summed E-state index contributed by atoms with van der Waals surface area (Å²) >= 11 is 0. The van der Waals surface area contributed by atoms with Gasteiger partial charge in [-0.05, 0) is 43.4 Å². The quantitative estimate of drug-likeness (QED) is 0.719. The molecular weight excluding hydrogens is 348 g/mol. The van der Waals surface area contributed by atoms with Gasteiger partial charge < -0.3 is 4.74 Å². The predicted octanol–water partition coefficient (Wildman–Crippen LogP) is 4.58. The fourth-order valence-corrected chi connectivity index (χ4v) is 4.99. The first-order valence-corrected chi connectivity index (χ1v) is 10.1. The molecule has 2 aliphatic heterocycles. The van der Waals surface area contributed by atoms with Crippen LogP contribution in [-0.2, 0) is 6.54 Å². The number of hydrogen-bond acceptors (Lipinski definition) is 4. The normalized spacial score (nSPS) is 24.4. The molecule has 4 nitrogen and oxygen atoms in total. The molecule has 28 heavy (non-hydrogen) atoms. The molecule has 2 bridgehead atoms. The molecule has 0 spiro atoms. The van der Waals surface area contributed by atoms with Gasteiger partial charge in [-0.1, -0.05) is 42.8 Å². The number of ketones is 1. The smallest absolute Gasteiger partial charge is 0.167 e. The Labute approximate surface area is 166 Å². The molecule has 2 atom stereocenters. The van der Waals surface area contributed by atoms with E-state index >= 15 is 0 Å². The number of carbonyl (C=O) groups is 1. The van der Waals surface area contributed by atoms with E-state index in [1.54, 1.807) is 18.2 Å². The van der Waals surface area contributed by atoms with Crippen LogP contribution in [0.25, 0.3) is 0 Å². The van der Waals surface area contributed by atoms with Crippen LogP contribution < -0.4 is 4.74 Å². The third-order valence-corrected chi connectivity index (χ3v) is 6.33. The average Bonchev–Trinajstić information content (AvgIpc) is 2.73.